The zero-order valence-corrected chi connectivity index (χ0v) is 22.2. The van der Waals surface area contributed by atoms with Gasteiger partial charge in [-0.25, -0.2) is 9.97 Å². The summed E-state index contributed by atoms with van der Waals surface area (Å²) < 4.78 is 46.0. The average molecular weight is 542 g/mol. The molecule has 0 fully saturated rings. The third-order valence-electron chi connectivity index (χ3n) is 5.90. The maximum atomic E-state index is 13.5. The SMILES string of the molecule is C=CC(=O)Nc1cc(Cc2nccc(C(=O)c3ccccc3C(F)(F)F)n2)c(OC)cc1N(C)CCN(C)C. The molecule has 0 aliphatic rings. The van der Waals surface area contributed by atoms with Crippen molar-refractivity contribution in [3.8, 4) is 5.75 Å². The van der Waals surface area contributed by atoms with Crippen LogP contribution < -0.4 is 15.0 Å². The summed E-state index contributed by atoms with van der Waals surface area (Å²) in [6.07, 6.45) is -2.13. The van der Waals surface area contributed by atoms with Gasteiger partial charge in [-0.3, -0.25) is 9.59 Å². The zero-order chi connectivity index (χ0) is 28.7. The molecule has 2 aromatic carbocycles. The Morgan fingerprint density at radius 1 is 1.10 bits per heavy atom. The third-order valence-corrected chi connectivity index (χ3v) is 5.90. The van der Waals surface area contributed by atoms with E-state index in [9.17, 15) is 22.8 Å². The first-order valence-corrected chi connectivity index (χ1v) is 12.0. The minimum atomic E-state index is -4.69. The second-order valence-corrected chi connectivity index (χ2v) is 9.01. The minimum Gasteiger partial charge on any atom is -0.496 e. The van der Waals surface area contributed by atoms with E-state index in [1.165, 1.54) is 31.5 Å². The van der Waals surface area contributed by atoms with Crippen LogP contribution in [0.25, 0.3) is 0 Å². The quantitative estimate of drug-likeness (QED) is 0.284. The topological polar surface area (TPSA) is 87.7 Å². The second kappa shape index (κ2) is 12.5. The normalized spacial score (nSPS) is 11.3. The van der Waals surface area contributed by atoms with E-state index in [-0.39, 0.29) is 17.9 Å². The van der Waals surface area contributed by atoms with Crippen molar-refractivity contribution in [1.82, 2.24) is 14.9 Å². The van der Waals surface area contributed by atoms with Crippen LogP contribution in [0.3, 0.4) is 0 Å². The van der Waals surface area contributed by atoms with Crippen LogP contribution in [-0.2, 0) is 17.4 Å². The summed E-state index contributed by atoms with van der Waals surface area (Å²) in [5, 5.41) is 2.81. The Bertz CT molecular complexity index is 1360. The molecule has 0 atom stereocenters. The van der Waals surface area contributed by atoms with E-state index in [4.69, 9.17) is 4.74 Å². The monoisotopic (exact) mass is 541 g/mol. The number of likely N-dealkylation sites (N-methyl/N-ethyl adjacent to an activating group) is 2. The molecule has 11 heteroatoms. The first-order valence-electron chi connectivity index (χ1n) is 12.0. The van der Waals surface area contributed by atoms with Crippen LogP contribution in [-0.4, -0.2) is 67.9 Å². The van der Waals surface area contributed by atoms with Gasteiger partial charge in [0.25, 0.3) is 0 Å². The molecule has 1 N–H and O–H groups in total. The van der Waals surface area contributed by atoms with Gasteiger partial charge in [0.1, 0.15) is 17.3 Å². The van der Waals surface area contributed by atoms with Crippen LogP contribution in [0.1, 0.15) is 33.0 Å². The summed E-state index contributed by atoms with van der Waals surface area (Å²) in [6, 6.07) is 9.34. The molecular weight excluding hydrogens is 511 g/mol. The van der Waals surface area contributed by atoms with E-state index in [0.29, 0.717) is 29.2 Å². The first-order chi connectivity index (χ1) is 18.4. The third kappa shape index (κ3) is 7.41. The Morgan fingerprint density at radius 3 is 2.46 bits per heavy atom. The van der Waals surface area contributed by atoms with E-state index >= 15 is 0 Å². The molecule has 3 rings (SSSR count). The van der Waals surface area contributed by atoms with Crippen molar-refractivity contribution in [3.05, 3.63) is 89.5 Å². The number of ether oxygens (including phenoxy) is 1. The number of carbonyl (C=O) groups excluding carboxylic acids is 2. The number of hydrogen-bond donors (Lipinski definition) is 1. The van der Waals surface area contributed by atoms with Gasteiger partial charge in [-0.05, 0) is 38.4 Å². The van der Waals surface area contributed by atoms with Crippen LogP contribution in [0.4, 0.5) is 24.5 Å². The molecule has 8 nitrogen and oxygen atoms in total. The maximum absolute atomic E-state index is 13.5. The number of nitrogens with zero attached hydrogens (tertiary/aromatic N) is 4. The van der Waals surface area contributed by atoms with Crippen LogP contribution in [0.15, 0.2) is 61.3 Å². The van der Waals surface area contributed by atoms with Gasteiger partial charge in [0, 0.05) is 49.9 Å². The lowest BCUT2D eigenvalue weighted by Crippen LogP contribution is -2.29. The molecule has 1 aromatic heterocycles. The van der Waals surface area contributed by atoms with E-state index in [1.54, 1.807) is 12.1 Å². The van der Waals surface area contributed by atoms with E-state index < -0.39 is 29.0 Å². The molecular formula is C28H30F3N5O3. The summed E-state index contributed by atoms with van der Waals surface area (Å²) >= 11 is 0. The molecule has 0 spiro atoms. The summed E-state index contributed by atoms with van der Waals surface area (Å²) in [7, 11) is 7.30. The Balaban J connectivity index is 1.99. The molecule has 0 aliphatic heterocycles. The number of carbonyl (C=O) groups is 2. The fourth-order valence-electron chi connectivity index (χ4n) is 3.86. The molecule has 0 radical (unpaired) electrons. The Hall–Kier alpha value is -4.25. The number of aromatic nitrogens is 2. The number of alkyl halides is 3. The van der Waals surface area contributed by atoms with Gasteiger partial charge in [-0.2, -0.15) is 13.2 Å². The second-order valence-electron chi connectivity index (χ2n) is 9.01. The number of halogens is 3. The summed E-state index contributed by atoms with van der Waals surface area (Å²) in [6.45, 7) is 4.94. The predicted octanol–water partition coefficient (Wildman–Crippen LogP) is 4.45. The van der Waals surface area contributed by atoms with Crippen molar-refractivity contribution < 1.29 is 27.5 Å². The largest absolute Gasteiger partial charge is 0.496 e. The van der Waals surface area contributed by atoms with Crippen LogP contribution in [0.5, 0.6) is 5.75 Å². The van der Waals surface area contributed by atoms with Gasteiger partial charge in [-0.15, -0.1) is 0 Å². The fraction of sp³-hybridized carbons (Fsp3) is 0.286. The van der Waals surface area contributed by atoms with E-state index in [2.05, 4.69) is 21.9 Å². The number of ketones is 1. The van der Waals surface area contributed by atoms with Gasteiger partial charge in [0.15, 0.2) is 0 Å². The van der Waals surface area contributed by atoms with Crippen molar-refractivity contribution in [2.75, 3.05) is 51.6 Å². The number of nitrogens with one attached hydrogen (secondary N) is 1. The molecule has 1 amide bonds. The average Bonchev–Trinajstić information content (AvgIpc) is 2.91. The summed E-state index contributed by atoms with van der Waals surface area (Å²) in [5.41, 5.74) is 0.113. The highest BCUT2D eigenvalue weighted by Crippen LogP contribution is 2.35. The van der Waals surface area contributed by atoms with Crippen molar-refractivity contribution >= 4 is 23.1 Å². The molecule has 0 bridgehead atoms. The van der Waals surface area contributed by atoms with Crippen molar-refractivity contribution in [2.24, 2.45) is 0 Å². The van der Waals surface area contributed by atoms with Crippen LogP contribution >= 0.6 is 0 Å². The lowest BCUT2D eigenvalue weighted by atomic mass is 10.0. The summed E-state index contributed by atoms with van der Waals surface area (Å²) in [5.74, 6) is -0.588. The summed E-state index contributed by atoms with van der Waals surface area (Å²) in [4.78, 5) is 37.6. The van der Waals surface area contributed by atoms with Crippen molar-refractivity contribution in [1.29, 1.82) is 0 Å². The highest BCUT2D eigenvalue weighted by molar-refractivity contribution is 6.08. The highest BCUT2D eigenvalue weighted by Gasteiger charge is 2.35. The number of hydrogen-bond acceptors (Lipinski definition) is 7. The standard InChI is InChI=1S/C28H30F3N5O3/c1-6-26(37)34-22-15-18(24(39-5)17-23(22)36(4)14-13-35(2)3)16-25-32-12-11-21(33-25)27(38)19-9-7-8-10-20(19)28(29,30)31/h6-12,15,17H,1,13-14,16H2,2-5H3,(H,34,37). The van der Waals surface area contributed by atoms with E-state index in [1.807, 2.05) is 30.9 Å². The van der Waals surface area contributed by atoms with Gasteiger partial charge >= 0.3 is 6.18 Å². The fourth-order valence-corrected chi connectivity index (χ4v) is 3.86. The van der Waals surface area contributed by atoms with Gasteiger partial charge in [-0.1, -0.05) is 24.8 Å². The number of rotatable bonds is 11. The van der Waals surface area contributed by atoms with Gasteiger partial charge < -0.3 is 19.9 Å². The molecule has 0 aliphatic carbocycles. The van der Waals surface area contributed by atoms with Gasteiger partial charge in [0.2, 0.25) is 11.7 Å². The molecule has 0 saturated heterocycles. The number of methoxy groups -OCH3 is 1. The number of anilines is 2. The Morgan fingerprint density at radius 2 is 1.82 bits per heavy atom. The molecule has 1 heterocycles. The number of benzene rings is 2. The van der Waals surface area contributed by atoms with Gasteiger partial charge in [0.05, 0.1) is 24.0 Å². The maximum Gasteiger partial charge on any atom is 0.417 e. The Kier molecular flexibility index (Phi) is 9.42. The Labute approximate surface area is 225 Å². The first kappa shape index (κ1) is 29.3. The zero-order valence-electron chi connectivity index (χ0n) is 22.2. The lowest BCUT2D eigenvalue weighted by Gasteiger charge is -2.25. The smallest absolute Gasteiger partial charge is 0.417 e. The van der Waals surface area contributed by atoms with Crippen molar-refractivity contribution in [3.63, 3.8) is 0 Å². The van der Waals surface area contributed by atoms with E-state index in [0.717, 1.165) is 24.8 Å². The minimum absolute atomic E-state index is 0.0872. The van der Waals surface area contributed by atoms with Crippen LogP contribution in [0, 0.1) is 0 Å². The van der Waals surface area contributed by atoms with Crippen LogP contribution in [0.2, 0.25) is 0 Å². The lowest BCUT2D eigenvalue weighted by molar-refractivity contribution is -0.137. The van der Waals surface area contributed by atoms with Crippen molar-refractivity contribution in [2.45, 2.75) is 12.6 Å². The highest BCUT2D eigenvalue weighted by atomic mass is 19.4. The molecule has 0 unspecified atom stereocenters. The predicted molar refractivity (Wildman–Crippen MR) is 143 cm³/mol. The molecule has 39 heavy (non-hydrogen) atoms. The molecule has 3 aromatic rings. The molecule has 0 saturated carbocycles. The molecule has 206 valence electrons. The number of amides is 1.